The molecule has 1 saturated heterocycles. The number of halogens is 1. The van der Waals surface area contributed by atoms with E-state index in [-0.39, 0.29) is 19.0 Å². The number of benzene rings is 2. The summed E-state index contributed by atoms with van der Waals surface area (Å²) in [6, 6.07) is 14.3. The molecular weight excluding hydrogens is 520 g/mol. The van der Waals surface area contributed by atoms with Crippen LogP contribution in [-0.4, -0.2) is 69.9 Å². The molecule has 204 valence electrons. The Labute approximate surface area is 231 Å². The maximum absolute atomic E-state index is 13.3. The predicted molar refractivity (Wildman–Crippen MR) is 145 cm³/mol. The number of amides is 2. The van der Waals surface area contributed by atoms with Crippen LogP contribution >= 0.6 is 11.6 Å². The van der Waals surface area contributed by atoms with Crippen molar-refractivity contribution >= 4 is 23.4 Å². The molecule has 2 aromatic carbocycles. The molecule has 2 aliphatic rings. The van der Waals surface area contributed by atoms with Crippen molar-refractivity contribution in [2.45, 2.75) is 31.3 Å². The minimum Gasteiger partial charge on any atom is -0.393 e. The van der Waals surface area contributed by atoms with Crippen LogP contribution in [-0.2, 0) is 28.0 Å². The van der Waals surface area contributed by atoms with Crippen LogP contribution in [0.15, 0.2) is 54.7 Å². The summed E-state index contributed by atoms with van der Waals surface area (Å²) in [5.74, 6) is 0.403. The van der Waals surface area contributed by atoms with E-state index < -0.39 is 24.7 Å². The average Bonchev–Trinajstić information content (AvgIpc) is 3.27. The van der Waals surface area contributed by atoms with E-state index in [2.05, 4.69) is 10.3 Å². The number of aliphatic hydroxyl groups is 2. The molecule has 1 aromatic heterocycles. The number of hydrogen-bond acceptors (Lipinski definition) is 7. The van der Waals surface area contributed by atoms with Crippen LogP contribution in [0.2, 0.25) is 5.02 Å². The van der Waals surface area contributed by atoms with Crippen LogP contribution in [0, 0.1) is 5.92 Å². The van der Waals surface area contributed by atoms with Crippen LogP contribution in [0.3, 0.4) is 0 Å². The molecule has 0 atom stereocenters. The molecule has 0 saturated carbocycles. The SMILES string of the molecule is O=C(CN1Cc2ccc(-c3nc(CC4CCOCC4)ncc3Cl)cc2C1=O)NC(CO)(CO)c1ccccc1. The number of nitrogens with zero attached hydrogens (tertiary/aromatic N) is 3. The van der Waals surface area contributed by atoms with Gasteiger partial charge < -0.3 is 25.2 Å². The van der Waals surface area contributed by atoms with Crippen LogP contribution < -0.4 is 5.32 Å². The molecule has 0 bridgehead atoms. The third-order valence-corrected chi connectivity index (χ3v) is 7.72. The fraction of sp³-hybridized carbons (Fsp3) is 0.379. The van der Waals surface area contributed by atoms with Gasteiger partial charge >= 0.3 is 0 Å². The van der Waals surface area contributed by atoms with Gasteiger partial charge in [-0.1, -0.05) is 54.1 Å². The summed E-state index contributed by atoms with van der Waals surface area (Å²) in [6.07, 6.45) is 4.29. The molecular formula is C29H31ClN4O5. The number of carbonyl (C=O) groups is 2. The van der Waals surface area contributed by atoms with Gasteiger partial charge in [0, 0.05) is 43.5 Å². The van der Waals surface area contributed by atoms with Crippen molar-refractivity contribution in [1.29, 1.82) is 0 Å². The molecule has 10 heteroatoms. The first-order valence-corrected chi connectivity index (χ1v) is 13.4. The first-order chi connectivity index (χ1) is 18.9. The van der Waals surface area contributed by atoms with Gasteiger partial charge in [-0.15, -0.1) is 0 Å². The lowest BCUT2D eigenvalue weighted by Gasteiger charge is -2.32. The summed E-state index contributed by atoms with van der Waals surface area (Å²) < 4.78 is 5.45. The van der Waals surface area contributed by atoms with Crippen molar-refractivity contribution in [3.8, 4) is 11.3 Å². The normalized spacial score (nSPS) is 15.9. The van der Waals surface area contributed by atoms with E-state index in [0.29, 0.717) is 39.1 Å². The summed E-state index contributed by atoms with van der Waals surface area (Å²) >= 11 is 6.46. The van der Waals surface area contributed by atoms with Gasteiger partial charge in [-0.05, 0) is 36.0 Å². The van der Waals surface area contributed by atoms with Crippen LogP contribution in [0.1, 0.15) is 40.2 Å². The Morgan fingerprint density at radius 3 is 2.59 bits per heavy atom. The van der Waals surface area contributed by atoms with Crippen LogP contribution in [0.4, 0.5) is 0 Å². The van der Waals surface area contributed by atoms with Crippen molar-refractivity contribution in [3.05, 3.63) is 82.3 Å². The molecule has 0 unspecified atom stereocenters. The summed E-state index contributed by atoms with van der Waals surface area (Å²) in [5.41, 5.74) is 1.77. The number of hydrogen-bond donors (Lipinski definition) is 3. The maximum atomic E-state index is 13.3. The minimum atomic E-state index is -1.35. The Morgan fingerprint density at radius 2 is 1.87 bits per heavy atom. The second-order valence-corrected chi connectivity index (χ2v) is 10.5. The number of carbonyl (C=O) groups excluding carboxylic acids is 2. The molecule has 0 spiro atoms. The Bertz CT molecular complexity index is 1340. The van der Waals surface area contributed by atoms with Gasteiger partial charge in [-0.25, -0.2) is 9.97 Å². The van der Waals surface area contributed by atoms with Gasteiger partial charge in [0.2, 0.25) is 5.91 Å². The molecule has 3 N–H and O–H groups in total. The molecule has 39 heavy (non-hydrogen) atoms. The summed E-state index contributed by atoms with van der Waals surface area (Å²) in [5, 5.41) is 23.2. The van der Waals surface area contributed by atoms with Gasteiger partial charge in [-0.2, -0.15) is 0 Å². The maximum Gasteiger partial charge on any atom is 0.254 e. The molecule has 1 fully saturated rings. The first-order valence-electron chi connectivity index (χ1n) is 13.0. The van der Waals surface area contributed by atoms with Crippen molar-refractivity contribution in [2.75, 3.05) is 33.0 Å². The Hall–Kier alpha value is -3.37. The van der Waals surface area contributed by atoms with E-state index >= 15 is 0 Å². The largest absolute Gasteiger partial charge is 0.393 e. The zero-order chi connectivity index (χ0) is 27.4. The number of nitrogens with one attached hydrogen (secondary N) is 1. The third kappa shape index (κ3) is 5.81. The van der Waals surface area contributed by atoms with Crippen molar-refractivity contribution in [3.63, 3.8) is 0 Å². The lowest BCUT2D eigenvalue weighted by atomic mass is 9.91. The van der Waals surface area contributed by atoms with E-state index in [1.165, 1.54) is 4.90 Å². The zero-order valence-corrected chi connectivity index (χ0v) is 22.2. The Kier molecular flexibility index (Phi) is 8.23. The molecule has 0 aliphatic carbocycles. The number of aliphatic hydroxyl groups excluding tert-OH is 2. The number of ether oxygens (including phenoxy) is 1. The lowest BCUT2D eigenvalue weighted by Crippen LogP contribution is -2.54. The molecule has 2 amide bonds. The first kappa shape index (κ1) is 27.2. The van der Waals surface area contributed by atoms with Gasteiger partial charge in [0.15, 0.2) is 0 Å². The second kappa shape index (κ2) is 11.8. The monoisotopic (exact) mass is 550 g/mol. The van der Waals surface area contributed by atoms with Gasteiger partial charge in [-0.3, -0.25) is 9.59 Å². The van der Waals surface area contributed by atoms with Crippen molar-refractivity contribution in [2.24, 2.45) is 5.92 Å². The lowest BCUT2D eigenvalue weighted by molar-refractivity contribution is -0.125. The molecule has 3 aromatic rings. The molecule has 0 radical (unpaired) electrons. The highest BCUT2D eigenvalue weighted by atomic mass is 35.5. The highest BCUT2D eigenvalue weighted by Crippen LogP contribution is 2.32. The van der Waals surface area contributed by atoms with Gasteiger partial charge in [0.25, 0.3) is 5.91 Å². The fourth-order valence-electron chi connectivity index (χ4n) is 5.17. The van der Waals surface area contributed by atoms with E-state index in [1.54, 1.807) is 42.6 Å². The van der Waals surface area contributed by atoms with Gasteiger partial charge in [0.05, 0.1) is 23.9 Å². The summed E-state index contributed by atoms with van der Waals surface area (Å²) in [4.78, 5) is 36.8. The molecule has 9 nitrogen and oxygen atoms in total. The van der Waals surface area contributed by atoms with E-state index in [9.17, 15) is 19.8 Å². The predicted octanol–water partition coefficient (Wildman–Crippen LogP) is 2.72. The summed E-state index contributed by atoms with van der Waals surface area (Å²) in [6.45, 7) is 0.561. The van der Waals surface area contributed by atoms with Crippen molar-refractivity contribution in [1.82, 2.24) is 20.2 Å². The fourth-order valence-corrected chi connectivity index (χ4v) is 5.37. The highest BCUT2D eigenvalue weighted by molar-refractivity contribution is 6.32. The van der Waals surface area contributed by atoms with E-state index in [1.807, 2.05) is 12.1 Å². The zero-order valence-electron chi connectivity index (χ0n) is 21.5. The number of fused-ring (bicyclic) bond motifs is 1. The average molecular weight is 551 g/mol. The van der Waals surface area contributed by atoms with Crippen molar-refractivity contribution < 1.29 is 24.5 Å². The van der Waals surface area contributed by atoms with E-state index in [4.69, 9.17) is 21.3 Å². The highest BCUT2D eigenvalue weighted by Gasteiger charge is 2.35. The smallest absolute Gasteiger partial charge is 0.254 e. The molecule has 3 heterocycles. The molecule has 2 aliphatic heterocycles. The van der Waals surface area contributed by atoms with Crippen LogP contribution in [0.25, 0.3) is 11.3 Å². The molecule has 5 rings (SSSR count). The number of aromatic nitrogens is 2. The topological polar surface area (TPSA) is 125 Å². The minimum absolute atomic E-state index is 0.221. The van der Waals surface area contributed by atoms with Crippen LogP contribution in [0.5, 0.6) is 0 Å². The Morgan fingerprint density at radius 1 is 1.13 bits per heavy atom. The Balaban J connectivity index is 1.30. The van der Waals surface area contributed by atoms with Gasteiger partial charge in [0.1, 0.15) is 17.9 Å². The number of rotatable bonds is 9. The quantitative estimate of drug-likeness (QED) is 0.374. The van der Waals surface area contributed by atoms with E-state index in [0.717, 1.165) is 38.0 Å². The summed E-state index contributed by atoms with van der Waals surface area (Å²) in [7, 11) is 0. The second-order valence-electron chi connectivity index (χ2n) is 10.1. The third-order valence-electron chi connectivity index (χ3n) is 7.45. The standard InChI is InChI=1S/C29H31ClN4O5/c30-24-14-31-25(12-19-8-10-39-11-9-19)32-27(24)20-6-7-21-15-34(28(38)23(21)13-20)16-26(37)33-29(17-35,18-36)22-4-2-1-3-5-22/h1-7,13-14,19,35-36H,8-12,15-18H2,(H,33,37).